The summed E-state index contributed by atoms with van der Waals surface area (Å²) in [5.74, 6) is 0. The second kappa shape index (κ2) is 4.81. The van der Waals surface area contributed by atoms with E-state index < -0.39 is 49.8 Å². The minimum atomic E-state index is -7.04. The molecule has 1 nitrogen and oxygen atoms in total. The van der Waals surface area contributed by atoms with Crippen molar-refractivity contribution in [1.29, 1.82) is 0 Å². The van der Waals surface area contributed by atoms with Crippen LogP contribution in [0.15, 0.2) is 0 Å². The zero-order valence-electron chi connectivity index (χ0n) is 9.94. The molecule has 0 amide bonds. The number of methoxy groups -OCH3 is 1. The minimum absolute atomic E-state index is 0.531. The molecule has 0 aliphatic rings. The first-order valence-electron chi connectivity index (χ1n) is 4.63. The molecule has 0 aliphatic heterocycles. The van der Waals surface area contributed by atoms with Gasteiger partial charge in [-0.15, -0.1) is 0 Å². The van der Waals surface area contributed by atoms with Crippen LogP contribution in [0.5, 0.6) is 0 Å². The van der Waals surface area contributed by atoms with Gasteiger partial charge in [0.2, 0.25) is 5.41 Å². The molecule has 0 radical (unpaired) electrons. The maximum Gasteiger partial charge on any atom is 0.427 e. The smallest absolute Gasteiger partial charge is 0.360 e. The van der Waals surface area contributed by atoms with Crippen molar-refractivity contribution in [1.82, 2.24) is 0 Å². The van der Waals surface area contributed by atoms with E-state index in [2.05, 4.69) is 4.74 Å². The van der Waals surface area contributed by atoms with Crippen LogP contribution in [-0.4, -0.2) is 37.4 Å². The average molecular weight is 346 g/mol. The Morgan fingerprint density at radius 1 is 0.524 bits per heavy atom. The molecule has 13 heteroatoms. The van der Waals surface area contributed by atoms with E-state index in [0.717, 1.165) is 0 Å². The number of halogens is 12. The molecule has 0 heterocycles. The zero-order valence-corrected chi connectivity index (χ0v) is 9.94. The third-order valence-corrected chi connectivity index (χ3v) is 2.94. The lowest BCUT2D eigenvalue weighted by atomic mass is 9.70. The molecule has 0 fully saturated rings. The normalized spacial score (nSPS) is 16.3. The van der Waals surface area contributed by atoms with Crippen molar-refractivity contribution in [2.24, 2.45) is 5.41 Å². The van der Waals surface area contributed by atoms with Crippen molar-refractivity contribution >= 4 is 0 Å². The van der Waals surface area contributed by atoms with Crippen LogP contribution in [0, 0.1) is 5.41 Å². The van der Waals surface area contributed by atoms with Gasteiger partial charge in [-0.3, -0.25) is 0 Å². The van der Waals surface area contributed by atoms with Gasteiger partial charge in [0.25, 0.3) is 5.60 Å². The Balaban J connectivity index is 6.93. The van der Waals surface area contributed by atoms with Crippen molar-refractivity contribution in [2.75, 3.05) is 7.11 Å². The van der Waals surface area contributed by atoms with Crippen LogP contribution in [-0.2, 0) is 4.74 Å². The Kier molecular flexibility index (Phi) is 4.61. The first kappa shape index (κ1) is 20.1. The fourth-order valence-corrected chi connectivity index (χ4v) is 1.72. The van der Waals surface area contributed by atoms with Crippen molar-refractivity contribution in [3.8, 4) is 0 Å². The largest absolute Gasteiger partial charge is 0.427 e. The highest BCUT2D eigenvalue weighted by atomic mass is 19.4. The molecule has 0 N–H and O–H groups in total. The maximum absolute atomic E-state index is 12.6. The lowest BCUT2D eigenvalue weighted by Gasteiger charge is -2.49. The average Bonchev–Trinajstić information content (AvgIpc) is 2.10. The monoisotopic (exact) mass is 346 g/mol. The Morgan fingerprint density at radius 2 is 0.762 bits per heavy atom. The van der Waals surface area contributed by atoms with Gasteiger partial charge < -0.3 is 4.74 Å². The van der Waals surface area contributed by atoms with Crippen LogP contribution >= 0.6 is 0 Å². The van der Waals surface area contributed by atoms with Gasteiger partial charge in [0.1, 0.15) is 0 Å². The zero-order chi connectivity index (χ0) is 17.7. The number of ether oxygens (including phenoxy) is 1. The number of hydrogen-bond donors (Lipinski definition) is 0. The molecule has 0 aromatic heterocycles. The van der Waals surface area contributed by atoms with Gasteiger partial charge >= 0.3 is 24.7 Å². The molecular formula is C8H6F12O. The Bertz CT molecular complexity index is 341. The summed E-state index contributed by atoms with van der Waals surface area (Å²) in [4.78, 5) is 0. The molecule has 0 aromatic carbocycles. The quantitative estimate of drug-likeness (QED) is 0.663. The van der Waals surface area contributed by atoms with Gasteiger partial charge in [-0.25, -0.2) is 0 Å². The van der Waals surface area contributed by atoms with Crippen LogP contribution in [0.2, 0.25) is 0 Å². The van der Waals surface area contributed by atoms with Crippen LogP contribution in [0.1, 0.15) is 6.92 Å². The fourth-order valence-electron chi connectivity index (χ4n) is 1.72. The number of hydrogen-bond acceptors (Lipinski definition) is 1. The van der Waals surface area contributed by atoms with E-state index in [4.69, 9.17) is 0 Å². The van der Waals surface area contributed by atoms with E-state index in [1.54, 1.807) is 0 Å². The van der Waals surface area contributed by atoms with E-state index >= 15 is 0 Å². The Morgan fingerprint density at radius 3 is 0.810 bits per heavy atom. The minimum Gasteiger partial charge on any atom is -0.360 e. The maximum atomic E-state index is 12.6. The van der Waals surface area contributed by atoms with Crippen LogP contribution in [0.3, 0.4) is 0 Å². The third kappa shape index (κ3) is 2.52. The molecule has 128 valence electrons. The summed E-state index contributed by atoms with van der Waals surface area (Å²) in [6, 6.07) is 0. The molecule has 0 aliphatic carbocycles. The van der Waals surface area contributed by atoms with Gasteiger partial charge in [-0.2, -0.15) is 52.7 Å². The molecule has 0 aromatic rings. The topological polar surface area (TPSA) is 9.23 Å². The fraction of sp³-hybridized carbons (Fsp3) is 1.00. The van der Waals surface area contributed by atoms with E-state index in [0.29, 0.717) is 0 Å². The van der Waals surface area contributed by atoms with E-state index in [1.165, 1.54) is 0 Å². The summed E-state index contributed by atoms with van der Waals surface area (Å²) in [6.45, 7) is -1.25. The second-order valence-electron chi connectivity index (χ2n) is 4.00. The van der Waals surface area contributed by atoms with Crippen molar-refractivity contribution in [3.05, 3.63) is 0 Å². The summed E-state index contributed by atoms with van der Waals surface area (Å²) in [5, 5.41) is 0. The van der Waals surface area contributed by atoms with Gasteiger partial charge in [0, 0.05) is 7.11 Å². The number of alkyl halides is 12. The van der Waals surface area contributed by atoms with Crippen molar-refractivity contribution in [2.45, 2.75) is 37.2 Å². The number of rotatable bonds is 2. The standard InChI is InChI=1S/C8H6F12O/c1-3(5(9,10)11,6(12,13)14)4(21-2,7(15,16)17)8(18,19)20/h1-2H3. The summed E-state index contributed by atoms with van der Waals surface area (Å²) < 4.78 is 154. The van der Waals surface area contributed by atoms with Crippen molar-refractivity contribution in [3.63, 3.8) is 0 Å². The predicted octanol–water partition coefficient (Wildman–Crippen LogP) is 4.63. The van der Waals surface area contributed by atoms with E-state index in [1.807, 2.05) is 0 Å². The van der Waals surface area contributed by atoms with Gasteiger partial charge in [-0.1, -0.05) is 0 Å². The highest BCUT2D eigenvalue weighted by Gasteiger charge is 2.92. The van der Waals surface area contributed by atoms with Crippen LogP contribution in [0.4, 0.5) is 52.7 Å². The van der Waals surface area contributed by atoms with Gasteiger partial charge in [-0.05, 0) is 6.92 Å². The summed E-state index contributed by atoms with van der Waals surface area (Å²) in [7, 11) is -0.531. The second-order valence-corrected chi connectivity index (χ2v) is 4.00. The molecule has 21 heavy (non-hydrogen) atoms. The van der Waals surface area contributed by atoms with Crippen molar-refractivity contribution < 1.29 is 57.4 Å². The SMILES string of the molecule is COC(C(F)(F)F)(C(F)(F)F)C(C)(C(F)(F)F)C(F)(F)F. The lowest BCUT2D eigenvalue weighted by molar-refractivity contribution is -0.484. The Hall–Kier alpha value is -0.880. The van der Waals surface area contributed by atoms with Gasteiger partial charge in [0.15, 0.2) is 0 Å². The summed E-state index contributed by atoms with van der Waals surface area (Å²) in [5.41, 5.74) is -12.8. The molecule has 0 saturated heterocycles. The first-order valence-corrected chi connectivity index (χ1v) is 4.63. The molecule has 0 spiro atoms. The van der Waals surface area contributed by atoms with Crippen LogP contribution < -0.4 is 0 Å². The molecule has 0 bridgehead atoms. The third-order valence-electron chi connectivity index (χ3n) is 2.94. The first-order chi connectivity index (χ1) is 8.81. The predicted molar refractivity (Wildman–Crippen MR) is 42.1 cm³/mol. The highest BCUT2D eigenvalue weighted by Crippen LogP contribution is 2.66. The molecular weight excluding hydrogens is 340 g/mol. The lowest BCUT2D eigenvalue weighted by Crippen LogP contribution is -2.75. The molecule has 0 atom stereocenters. The summed E-state index contributed by atoms with van der Waals surface area (Å²) >= 11 is 0. The van der Waals surface area contributed by atoms with E-state index in [-0.39, 0.29) is 0 Å². The molecule has 0 saturated carbocycles. The van der Waals surface area contributed by atoms with E-state index in [9.17, 15) is 52.7 Å². The Labute approximate surface area is 108 Å². The molecule has 0 unspecified atom stereocenters. The highest BCUT2D eigenvalue weighted by molar-refractivity contribution is 5.14. The molecule has 0 rings (SSSR count). The van der Waals surface area contributed by atoms with Crippen LogP contribution in [0.25, 0.3) is 0 Å². The van der Waals surface area contributed by atoms with Gasteiger partial charge in [0.05, 0.1) is 0 Å². The summed E-state index contributed by atoms with van der Waals surface area (Å²) in [6.07, 6.45) is -28.0.